The van der Waals surface area contributed by atoms with Crippen molar-refractivity contribution in [1.29, 1.82) is 0 Å². The molecule has 0 spiro atoms. The van der Waals surface area contributed by atoms with Gasteiger partial charge >= 0.3 is 0 Å². The Bertz CT molecular complexity index is 1070. The van der Waals surface area contributed by atoms with E-state index in [1.807, 2.05) is 62.5 Å². The number of benzene rings is 2. The van der Waals surface area contributed by atoms with Crippen molar-refractivity contribution in [2.75, 3.05) is 10.7 Å². The van der Waals surface area contributed by atoms with Crippen LogP contribution in [0.5, 0.6) is 0 Å². The molecule has 5 nitrogen and oxygen atoms in total. The van der Waals surface area contributed by atoms with Crippen LogP contribution in [0.1, 0.15) is 16.6 Å². The molecule has 138 valence electrons. The van der Waals surface area contributed by atoms with Crippen molar-refractivity contribution in [3.8, 4) is 5.69 Å². The molecule has 1 atom stereocenters. The summed E-state index contributed by atoms with van der Waals surface area (Å²) in [5, 5.41) is 0.341. The fourth-order valence-electron chi connectivity index (χ4n) is 3.40. The van der Waals surface area contributed by atoms with Crippen LogP contribution in [0.15, 0.2) is 59.4 Å². The van der Waals surface area contributed by atoms with Crippen LogP contribution in [0.4, 0.5) is 5.69 Å². The Morgan fingerprint density at radius 2 is 1.81 bits per heavy atom. The number of rotatable bonds is 3. The van der Waals surface area contributed by atoms with E-state index in [2.05, 4.69) is 0 Å². The Kier molecular flexibility index (Phi) is 4.61. The summed E-state index contributed by atoms with van der Waals surface area (Å²) in [6.45, 7) is 1.86. The van der Waals surface area contributed by atoms with Gasteiger partial charge in [0.15, 0.2) is 0 Å². The second kappa shape index (κ2) is 6.94. The third-order valence-corrected chi connectivity index (χ3v) is 6.21. The topological polar surface area (TPSA) is 47.2 Å². The number of carbonyl (C=O) groups is 1. The summed E-state index contributed by atoms with van der Waals surface area (Å²) in [7, 11) is 1.83. The van der Waals surface area contributed by atoms with Crippen LogP contribution in [0.2, 0.25) is 5.02 Å². The Hall–Kier alpha value is -2.44. The lowest BCUT2D eigenvalue weighted by Crippen LogP contribution is -2.33. The molecule has 7 heteroatoms. The number of amides is 1. The summed E-state index contributed by atoms with van der Waals surface area (Å²) >= 11 is 7.65. The lowest BCUT2D eigenvalue weighted by Gasteiger charge is -2.23. The van der Waals surface area contributed by atoms with Crippen molar-refractivity contribution in [2.45, 2.75) is 12.3 Å². The van der Waals surface area contributed by atoms with Gasteiger partial charge in [-0.25, -0.2) is 4.68 Å². The first kappa shape index (κ1) is 17.9. The molecule has 2 heterocycles. The summed E-state index contributed by atoms with van der Waals surface area (Å²) in [4.78, 5) is 27.6. The van der Waals surface area contributed by atoms with Gasteiger partial charge in [0.25, 0.3) is 5.56 Å². The van der Waals surface area contributed by atoms with E-state index in [1.54, 1.807) is 20.3 Å². The van der Waals surface area contributed by atoms with Gasteiger partial charge in [0.05, 0.1) is 17.1 Å². The van der Waals surface area contributed by atoms with Gasteiger partial charge in [-0.15, -0.1) is 11.8 Å². The van der Waals surface area contributed by atoms with Crippen molar-refractivity contribution < 1.29 is 4.79 Å². The minimum Gasteiger partial charge on any atom is -0.288 e. The van der Waals surface area contributed by atoms with Gasteiger partial charge in [-0.1, -0.05) is 41.9 Å². The molecule has 0 bridgehead atoms. The van der Waals surface area contributed by atoms with Gasteiger partial charge in [-0.05, 0) is 36.8 Å². The number of anilines is 1. The van der Waals surface area contributed by atoms with Gasteiger partial charge in [-0.2, -0.15) is 0 Å². The van der Waals surface area contributed by atoms with E-state index in [9.17, 15) is 9.59 Å². The monoisotopic (exact) mass is 399 g/mol. The van der Waals surface area contributed by atoms with Crippen LogP contribution in [-0.2, 0) is 11.8 Å². The van der Waals surface area contributed by atoms with Crippen molar-refractivity contribution in [3.05, 3.63) is 81.2 Å². The van der Waals surface area contributed by atoms with E-state index in [-0.39, 0.29) is 16.8 Å². The van der Waals surface area contributed by atoms with E-state index in [0.717, 1.165) is 16.9 Å². The molecular formula is C20H18ClN3O2S. The van der Waals surface area contributed by atoms with Crippen LogP contribution >= 0.6 is 23.4 Å². The Morgan fingerprint density at radius 1 is 1.07 bits per heavy atom. The highest BCUT2D eigenvalue weighted by Crippen LogP contribution is 2.42. The molecule has 27 heavy (non-hydrogen) atoms. The van der Waals surface area contributed by atoms with E-state index < -0.39 is 0 Å². The Morgan fingerprint density at radius 3 is 2.52 bits per heavy atom. The molecule has 0 N–H and O–H groups in total. The van der Waals surface area contributed by atoms with Crippen molar-refractivity contribution in [2.24, 2.45) is 7.05 Å². The molecule has 1 fully saturated rings. The summed E-state index contributed by atoms with van der Waals surface area (Å²) in [5.41, 5.74) is 2.63. The molecule has 1 aliphatic rings. The Balaban J connectivity index is 1.87. The number of thioether (sulfide) groups is 1. The molecule has 1 amide bonds. The smallest absolute Gasteiger partial charge is 0.288 e. The van der Waals surface area contributed by atoms with E-state index in [1.165, 1.54) is 11.8 Å². The first-order valence-corrected chi connectivity index (χ1v) is 9.95. The molecule has 0 radical (unpaired) electrons. The van der Waals surface area contributed by atoms with Crippen LogP contribution in [0.3, 0.4) is 0 Å². The lowest BCUT2D eigenvalue weighted by molar-refractivity contribution is -0.115. The second-order valence-corrected chi connectivity index (χ2v) is 7.90. The van der Waals surface area contributed by atoms with E-state index in [4.69, 9.17) is 11.6 Å². The van der Waals surface area contributed by atoms with Crippen LogP contribution in [0.25, 0.3) is 5.69 Å². The quantitative estimate of drug-likeness (QED) is 0.670. The normalized spacial score (nSPS) is 16.9. The fraction of sp³-hybridized carbons (Fsp3) is 0.200. The van der Waals surface area contributed by atoms with Crippen molar-refractivity contribution in [1.82, 2.24) is 9.36 Å². The van der Waals surface area contributed by atoms with E-state index >= 15 is 0 Å². The molecule has 1 aliphatic heterocycles. The lowest BCUT2D eigenvalue weighted by atomic mass is 10.2. The van der Waals surface area contributed by atoms with Gasteiger partial charge < -0.3 is 0 Å². The third kappa shape index (κ3) is 2.99. The summed E-state index contributed by atoms with van der Waals surface area (Å²) in [5.74, 6) is 0.256. The summed E-state index contributed by atoms with van der Waals surface area (Å²) in [6, 6.07) is 16.9. The van der Waals surface area contributed by atoms with Gasteiger partial charge in [-0.3, -0.25) is 19.2 Å². The molecular weight excluding hydrogens is 382 g/mol. The minimum atomic E-state index is -0.269. The van der Waals surface area contributed by atoms with Gasteiger partial charge in [0.2, 0.25) is 5.91 Å². The van der Waals surface area contributed by atoms with Crippen molar-refractivity contribution >= 4 is 35.0 Å². The molecule has 2 aromatic carbocycles. The number of carbonyl (C=O) groups excluding carboxylic acids is 1. The Labute approximate surface area is 166 Å². The molecule has 4 rings (SSSR count). The zero-order chi connectivity index (χ0) is 19.1. The zero-order valence-electron chi connectivity index (χ0n) is 14.9. The fourth-order valence-corrected chi connectivity index (χ4v) is 4.75. The first-order chi connectivity index (χ1) is 13.0. The maximum absolute atomic E-state index is 13.3. The van der Waals surface area contributed by atoms with E-state index in [0.29, 0.717) is 16.5 Å². The molecule has 1 aromatic heterocycles. The maximum Gasteiger partial charge on any atom is 0.295 e. The number of aromatic nitrogens is 2. The minimum absolute atomic E-state index is 0.0732. The zero-order valence-corrected chi connectivity index (χ0v) is 16.5. The predicted octanol–water partition coefficient (Wildman–Crippen LogP) is 3.92. The third-order valence-electron chi connectivity index (χ3n) is 4.77. The molecule has 0 unspecified atom stereocenters. The second-order valence-electron chi connectivity index (χ2n) is 6.39. The molecule has 0 aliphatic carbocycles. The highest BCUT2D eigenvalue weighted by atomic mass is 35.5. The SMILES string of the molecule is Cc1c(N2C(=O)CS[C@@H]2c2cccc(Cl)c2)c(=O)n(-c2ccccc2)n1C. The highest BCUT2D eigenvalue weighted by Gasteiger charge is 2.38. The number of halogens is 1. The number of hydrogen-bond donors (Lipinski definition) is 0. The van der Waals surface area contributed by atoms with Crippen molar-refractivity contribution in [3.63, 3.8) is 0 Å². The molecule has 3 aromatic rings. The average Bonchev–Trinajstić information content (AvgIpc) is 3.13. The number of para-hydroxylation sites is 1. The molecule has 0 saturated carbocycles. The van der Waals surface area contributed by atoms with Crippen LogP contribution in [-0.4, -0.2) is 21.0 Å². The van der Waals surface area contributed by atoms with Gasteiger partial charge in [0.1, 0.15) is 11.1 Å². The average molecular weight is 400 g/mol. The molecule has 1 saturated heterocycles. The predicted molar refractivity (Wildman–Crippen MR) is 110 cm³/mol. The summed E-state index contributed by atoms with van der Waals surface area (Å²) in [6.07, 6.45) is 0. The standard InChI is InChI=1S/C20H18ClN3O2S/c1-13-18(19(26)24(22(13)2)16-9-4-3-5-10-16)23-17(25)12-27-20(23)14-7-6-8-15(21)11-14/h3-11,20H,12H2,1-2H3/t20-/m1/s1. The van der Waals surface area contributed by atoms with Crippen LogP contribution < -0.4 is 10.5 Å². The largest absolute Gasteiger partial charge is 0.295 e. The highest BCUT2D eigenvalue weighted by molar-refractivity contribution is 8.00. The van der Waals surface area contributed by atoms with Gasteiger partial charge in [0, 0.05) is 12.1 Å². The first-order valence-electron chi connectivity index (χ1n) is 8.52. The summed E-state index contributed by atoms with van der Waals surface area (Å²) < 4.78 is 3.38. The number of nitrogens with zero attached hydrogens (tertiary/aromatic N) is 3. The maximum atomic E-state index is 13.3. The van der Waals surface area contributed by atoms with Crippen LogP contribution in [0, 0.1) is 6.92 Å². The number of hydrogen-bond acceptors (Lipinski definition) is 3.